The van der Waals surface area contributed by atoms with Crippen molar-refractivity contribution in [3.05, 3.63) is 94.7 Å². The second-order valence-electron chi connectivity index (χ2n) is 6.71. The van der Waals surface area contributed by atoms with Crippen LogP contribution in [0.15, 0.2) is 86.4 Å². The van der Waals surface area contributed by atoms with Gasteiger partial charge in [-0.3, -0.25) is 0 Å². The second-order valence-corrected chi connectivity index (χ2v) is 6.71. The average Bonchev–Trinajstić information content (AvgIpc) is 3.18. The van der Waals surface area contributed by atoms with Crippen LogP contribution in [-0.2, 0) is 16.1 Å². The van der Waals surface area contributed by atoms with Gasteiger partial charge in [-0.05, 0) is 29.0 Å². The molecule has 0 amide bonds. The van der Waals surface area contributed by atoms with Crippen LogP contribution in [0.4, 0.5) is 0 Å². The summed E-state index contributed by atoms with van der Waals surface area (Å²) in [4.78, 5) is 28.4. The van der Waals surface area contributed by atoms with Gasteiger partial charge in [0.1, 0.15) is 17.7 Å². The standard InChI is InChI=1S/C24H15NO5/c26-22(12-11-21-25-18-7-3-4-8-19(18)29-21)28-14-16-13-23(27)30-20-10-9-15-5-1-2-6-17(15)24(16)20/h1-13H,14H2/b12-11+. The van der Waals surface area contributed by atoms with E-state index < -0.39 is 11.6 Å². The molecule has 0 aliphatic rings. The maximum absolute atomic E-state index is 12.2. The predicted molar refractivity (Wildman–Crippen MR) is 113 cm³/mol. The first-order valence-corrected chi connectivity index (χ1v) is 9.32. The fourth-order valence-electron chi connectivity index (χ4n) is 3.43. The number of hydrogen-bond donors (Lipinski definition) is 0. The molecule has 0 N–H and O–H groups in total. The minimum Gasteiger partial charge on any atom is -0.458 e. The van der Waals surface area contributed by atoms with Crippen LogP contribution in [0.1, 0.15) is 11.5 Å². The van der Waals surface area contributed by atoms with Gasteiger partial charge in [-0.15, -0.1) is 0 Å². The van der Waals surface area contributed by atoms with E-state index in [1.807, 2.05) is 48.5 Å². The Morgan fingerprint density at radius 2 is 1.80 bits per heavy atom. The van der Waals surface area contributed by atoms with Crippen LogP contribution in [0.5, 0.6) is 0 Å². The topological polar surface area (TPSA) is 82.5 Å². The third-order valence-corrected chi connectivity index (χ3v) is 4.76. The predicted octanol–water partition coefficient (Wildman–Crippen LogP) is 4.84. The first-order chi connectivity index (χ1) is 14.7. The quantitative estimate of drug-likeness (QED) is 0.187. The molecular weight excluding hydrogens is 382 g/mol. The summed E-state index contributed by atoms with van der Waals surface area (Å²) < 4.78 is 16.2. The number of para-hydroxylation sites is 2. The summed E-state index contributed by atoms with van der Waals surface area (Å²) in [7, 11) is 0. The van der Waals surface area contributed by atoms with E-state index in [1.54, 1.807) is 12.1 Å². The molecule has 2 aromatic heterocycles. The number of oxazole rings is 1. The van der Waals surface area contributed by atoms with Gasteiger partial charge in [-0.2, -0.15) is 0 Å². The molecule has 0 radical (unpaired) electrons. The normalized spacial score (nSPS) is 11.6. The maximum atomic E-state index is 12.2. The molecule has 0 aliphatic carbocycles. The molecule has 6 heteroatoms. The highest BCUT2D eigenvalue weighted by atomic mass is 16.5. The molecule has 5 rings (SSSR count). The first-order valence-electron chi connectivity index (χ1n) is 9.32. The summed E-state index contributed by atoms with van der Waals surface area (Å²) in [6.45, 7) is -0.0627. The van der Waals surface area contributed by atoms with Gasteiger partial charge in [-0.25, -0.2) is 14.6 Å². The van der Waals surface area contributed by atoms with E-state index >= 15 is 0 Å². The molecule has 0 fully saturated rings. The number of carbonyl (C=O) groups excluding carboxylic acids is 1. The Hall–Kier alpha value is -4.19. The Kier molecular flexibility index (Phi) is 4.37. The maximum Gasteiger partial charge on any atom is 0.336 e. The molecular formula is C24H15NO5. The van der Waals surface area contributed by atoms with Crippen molar-refractivity contribution in [1.82, 2.24) is 4.98 Å². The Balaban J connectivity index is 1.41. The van der Waals surface area contributed by atoms with E-state index in [1.165, 1.54) is 18.2 Å². The van der Waals surface area contributed by atoms with Crippen molar-refractivity contribution in [2.45, 2.75) is 6.61 Å². The van der Waals surface area contributed by atoms with Crippen molar-refractivity contribution in [3.63, 3.8) is 0 Å². The third-order valence-electron chi connectivity index (χ3n) is 4.76. The summed E-state index contributed by atoms with van der Waals surface area (Å²) in [6.07, 6.45) is 2.70. The largest absolute Gasteiger partial charge is 0.458 e. The monoisotopic (exact) mass is 397 g/mol. The molecule has 6 nitrogen and oxygen atoms in total. The number of fused-ring (bicyclic) bond motifs is 4. The molecule has 2 heterocycles. The lowest BCUT2D eigenvalue weighted by Crippen LogP contribution is -2.06. The van der Waals surface area contributed by atoms with E-state index in [0.29, 0.717) is 28.1 Å². The molecule has 0 bridgehead atoms. The molecule has 0 atom stereocenters. The summed E-state index contributed by atoms with van der Waals surface area (Å²) in [5.41, 5.74) is 1.89. The van der Waals surface area contributed by atoms with E-state index in [2.05, 4.69) is 4.98 Å². The summed E-state index contributed by atoms with van der Waals surface area (Å²) >= 11 is 0. The van der Waals surface area contributed by atoms with Crippen molar-refractivity contribution in [2.24, 2.45) is 0 Å². The first kappa shape index (κ1) is 17.9. The van der Waals surface area contributed by atoms with Gasteiger partial charge in [-0.1, -0.05) is 42.5 Å². The van der Waals surface area contributed by atoms with Crippen molar-refractivity contribution in [3.8, 4) is 0 Å². The fraction of sp³-hybridized carbons (Fsp3) is 0.0417. The SMILES string of the molecule is O=C(/C=C/c1nc2ccccc2o1)OCc1cc(=O)oc2ccc3ccccc3c12. The van der Waals surface area contributed by atoms with Crippen molar-refractivity contribution in [1.29, 1.82) is 0 Å². The lowest BCUT2D eigenvalue weighted by atomic mass is 10.0. The van der Waals surface area contributed by atoms with E-state index in [0.717, 1.165) is 16.2 Å². The Morgan fingerprint density at radius 3 is 2.70 bits per heavy atom. The van der Waals surface area contributed by atoms with E-state index in [-0.39, 0.29) is 6.61 Å². The highest BCUT2D eigenvalue weighted by Crippen LogP contribution is 2.27. The van der Waals surface area contributed by atoms with Gasteiger partial charge >= 0.3 is 11.6 Å². The molecule has 5 aromatic rings. The zero-order valence-corrected chi connectivity index (χ0v) is 15.7. The Labute approximate surface area is 170 Å². The second kappa shape index (κ2) is 7.33. The van der Waals surface area contributed by atoms with Crippen molar-refractivity contribution >= 4 is 44.9 Å². The van der Waals surface area contributed by atoms with Crippen LogP contribution in [0.25, 0.3) is 38.9 Å². The third kappa shape index (κ3) is 3.35. The highest BCUT2D eigenvalue weighted by molar-refractivity contribution is 6.07. The van der Waals surface area contributed by atoms with Gasteiger partial charge in [0.15, 0.2) is 5.58 Å². The summed E-state index contributed by atoms with van der Waals surface area (Å²) in [6, 6.07) is 20.1. The van der Waals surface area contributed by atoms with Gasteiger partial charge < -0.3 is 13.6 Å². The number of hydrogen-bond acceptors (Lipinski definition) is 6. The van der Waals surface area contributed by atoms with Gasteiger partial charge in [0.05, 0.1) is 0 Å². The van der Waals surface area contributed by atoms with Crippen molar-refractivity contribution in [2.75, 3.05) is 0 Å². The molecule has 0 unspecified atom stereocenters. The van der Waals surface area contributed by atoms with Crippen LogP contribution in [-0.4, -0.2) is 11.0 Å². The highest BCUT2D eigenvalue weighted by Gasteiger charge is 2.11. The number of rotatable bonds is 4. The number of esters is 1. The van der Waals surface area contributed by atoms with Crippen LogP contribution in [0.2, 0.25) is 0 Å². The molecule has 30 heavy (non-hydrogen) atoms. The van der Waals surface area contributed by atoms with E-state index in [4.69, 9.17) is 13.6 Å². The molecule has 146 valence electrons. The fourth-order valence-corrected chi connectivity index (χ4v) is 3.43. The molecule has 0 aliphatic heterocycles. The van der Waals surface area contributed by atoms with Crippen LogP contribution >= 0.6 is 0 Å². The number of carbonyl (C=O) groups is 1. The number of benzene rings is 3. The van der Waals surface area contributed by atoms with Crippen LogP contribution in [0.3, 0.4) is 0 Å². The molecule has 0 saturated carbocycles. The Bertz CT molecular complexity index is 1460. The van der Waals surface area contributed by atoms with Gasteiger partial charge in [0.2, 0.25) is 5.89 Å². The lowest BCUT2D eigenvalue weighted by Gasteiger charge is -2.08. The zero-order valence-electron chi connectivity index (χ0n) is 15.7. The minimum atomic E-state index is -0.570. The minimum absolute atomic E-state index is 0.0627. The smallest absolute Gasteiger partial charge is 0.336 e. The van der Waals surface area contributed by atoms with Crippen LogP contribution in [0, 0.1) is 0 Å². The van der Waals surface area contributed by atoms with Gasteiger partial charge in [0, 0.05) is 29.2 Å². The lowest BCUT2D eigenvalue weighted by molar-refractivity contribution is -0.138. The molecule has 0 spiro atoms. The molecule has 0 saturated heterocycles. The Morgan fingerprint density at radius 1 is 0.967 bits per heavy atom. The van der Waals surface area contributed by atoms with Crippen LogP contribution < -0.4 is 5.63 Å². The average molecular weight is 397 g/mol. The molecule has 3 aromatic carbocycles. The van der Waals surface area contributed by atoms with E-state index in [9.17, 15) is 9.59 Å². The summed E-state index contributed by atoms with van der Waals surface area (Å²) in [5, 5.41) is 2.68. The van der Waals surface area contributed by atoms with Gasteiger partial charge in [0.25, 0.3) is 0 Å². The number of nitrogens with zero attached hydrogens (tertiary/aromatic N) is 1. The zero-order chi connectivity index (χ0) is 20.5. The van der Waals surface area contributed by atoms with Crippen molar-refractivity contribution < 1.29 is 18.4 Å². The number of aromatic nitrogens is 1. The number of ether oxygens (including phenoxy) is 1. The summed E-state index contributed by atoms with van der Waals surface area (Å²) in [5.74, 6) is -0.260.